The van der Waals surface area contributed by atoms with Crippen molar-refractivity contribution < 1.29 is 9.30 Å². The molecule has 0 fully saturated rings. The maximum absolute atomic E-state index is 6.16. The summed E-state index contributed by atoms with van der Waals surface area (Å²) in [6.07, 6.45) is 6.00. The minimum atomic E-state index is -0.0681. The van der Waals surface area contributed by atoms with Crippen LogP contribution >= 0.6 is 0 Å². The number of benzene rings is 1. The van der Waals surface area contributed by atoms with Crippen molar-refractivity contribution in [3.05, 3.63) is 48.4 Å². The molecule has 2 unspecified atom stereocenters. The number of fused-ring (bicyclic) bond motifs is 4. The second kappa shape index (κ2) is 5.80. The first-order valence-corrected chi connectivity index (χ1v) is 9.24. The predicted octanol–water partition coefficient (Wildman–Crippen LogP) is 3.63. The van der Waals surface area contributed by atoms with E-state index < -0.39 is 0 Å². The van der Waals surface area contributed by atoms with Crippen LogP contribution in [0.2, 0.25) is 0 Å². The molecular weight excluding hydrogens is 310 g/mol. The van der Waals surface area contributed by atoms with E-state index in [0.29, 0.717) is 5.92 Å². The Bertz CT molecular complexity index is 784. The van der Waals surface area contributed by atoms with E-state index in [2.05, 4.69) is 74.9 Å². The molecule has 1 aromatic heterocycles. The van der Waals surface area contributed by atoms with Gasteiger partial charge >= 0.3 is 5.82 Å². The van der Waals surface area contributed by atoms with Crippen molar-refractivity contribution in [1.82, 2.24) is 9.47 Å². The maximum atomic E-state index is 6.16. The number of hydrogen-bond donors (Lipinski definition) is 0. The highest BCUT2D eigenvalue weighted by Crippen LogP contribution is 2.54. The van der Waals surface area contributed by atoms with Gasteiger partial charge in [0.1, 0.15) is 23.8 Å². The zero-order valence-corrected chi connectivity index (χ0v) is 16.6. The van der Waals surface area contributed by atoms with E-state index in [9.17, 15) is 0 Å². The Labute approximate surface area is 151 Å². The normalized spacial score (nSPS) is 27.6. The van der Waals surface area contributed by atoms with Gasteiger partial charge < -0.3 is 4.74 Å². The Hall–Kier alpha value is -1.94. The van der Waals surface area contributed by atoms with Gasteiger partial charge in [-0.2, -0.15) is 0 Å². The molecule has 0 N–H and O–H groups in total. The fraction of sp³-hybridized carbons (Fsp3) is 0.524. The van der Waals surface area contributed by atoms with Crippen LogP contribution < -0.4 is 13.8 Å². The van der Waals surface area contributed by atoms with Crippen LogP contribution in [0.25, 0.3) is 0 Å². The lowest BCUT2D eigenvalue weighted by Gasteiger charge is -2.56. The fourth-order valence-electron chi connectivity index (χ4n) is 4.78. The first kappa shape index (κ1) is 17.9. The molecule has 2 atom stereocenters. The van der Waals surface area contributed by atoms with E-state index in [1.165, 1.54) is 11.4 Å². The monoisotopic (exact) mass is 341 g/mol. The summed E-state index contributed by atoms with van der Waals surface area (Å²) in [6, 6.07) is 8.49. The SMILES string of the molecule is CC.CC1(C)C2COc3ccccc3C2(C)[N+](C)(C)c2cncc[n+]21. The molecule has 0 bridgehead atoms. The minimum Gasteiger partial charge on any atom is -0.492 e. The van der Waals surface area contributed by atoms with E-state index in [0.717, 1.165) is 16.8 Å². The number of para-hydroxylation sites is 1. The van der Waals surface area contributed by atoms with E-state index >= 15 is 0 Å². The number of aromatic nitrogens is 2. The van der Waals surface area contributed by atoms with Gasteiger partial charge in [0.15, 0.2) is 17.9 Å². The van der Waals surface area contributed by atoms with Crippen molar-refractivity contribution in [2.75, 3.05) is 20.7 Å². The van der Waals surface area contributed by atoms with Gasteiger partial charge in [-0.1, -0.05) is 26.0 Å². The molecule has 0 amide bonds. The average Bonchev–Trinajstić information content (AvgIpc) is 2.62. The van der Waals surface area contributed by atoms with E-state index in [1.54, 1.807) is 0 Å². The van der Waals surface area contributed by atoms with Crippen LogP contribution in [0.5, 0.6) is 5.75 Å². The fourth-order valence-corrected chi connectivity index (χ4v) is 4.78. The molecule has 4 rings (SSSR count). The summed E-state index contributed by atoms with van der Waals surface area (Å²) >= 11 is 0. The zero-order valence-electron chi connectivity index (χ0n) is 16.6. The highest BCUT2D eigenvalue weighted by atomic mass is 16.5. The molecule has 0 saturated carbocycles. The van der Waals surface area contributed by atoms with Gasteiger partial charge in [-0.05, 0) is 19.1 Å². The summed E-state index contributed by atoms with van der Waals surface area (Å²) in [7, 11) is 4.58. The second-order valence-corrected chi connectivity index (χ2v) is 7.92. The van der Waals surface area contributed by atoms with Gasteiger partial charge in [0.2, 0.25) is 0 Å². The standard InChI is InChI=1S/C19H25N3O.C2H6/c1-18(2)16-13-23-15-9-7-6-8-14(15)19(16,3)22(4,5)17-12-20-10-11-21(17)18;1-2/h6-12,16H,13H2,1-5H3;1-2H3/q+2;. The molecule has 4 nitrogen and oxygen atoms in total. The molecule has 3 heterocycles. The molecule has 134 valence electrons. The predicted molar refractivity (Wildman–Crippen MR) is 102 cm³/mol. The third-order valence-electron chi connectivity index (χ3n) is 6.46. The number of hydrogen-bond acceptors (Lipinski definition) is 2. The van der Waals surface area contributed by atoms with Crippen LogP contribution in [0, 0.1) is 5.92 Å². The van der Waals surface area contributed by atoms with E-state index in [-0.39, 0.29) is 11.1 Å². The number of quaternary nitrogens is 1. The molecule has 2 aromatic rings. The first-order chi connectivity index (χ1) is 11.8. The summed E-state index contributed by atoms with van der Waals surface area (Å²) in [6.45, 7) is 11.7. The lowest BCUT2D eigenvalue weighted by Crippen LogP contribution is -2.79. The molecule has 4 heteroatoms. The van der Waals surface area contributed by atoms with Crippen LogP contribution in [-0.4, -0.2) is 25.7 Å². The molecule has 2 aliphatic rings. The molecule has 1 aromatic carbocycles. The van der Waals surface area contributed by atoms with Crippen molar-refractivity contribution in [1.29, 1.82) is 0 Å². The smallest absolute Gasteiger partial charge is 0.388 e. The van der Waals surface area contributed by atoms with Crippen molar-refractivity contribution in [2.24, 2.45) is 5.92 Å². The van der Waals surface area contributed by atoms with Gasteiger partial charge in [0, 0.05) is 13.8 Å². The van der Waals surface area contributed by atoms with Crippen molar-refractivity contribution in [3.8, 4) is 5.75 Å². The zero-order chi connectivity index (χ0) is 18.5. The highest BCUT2D eigenvalue weighted by molar-refractivity contribution is 5.47. The largest absolute Gasteiger partial charge is 0.492 e. The quantitative estimate of drug-likeness (QED) is 0.540. The molecule has 2 aliphatic heterocycles. The Morgan fingerprint density at radius 1 is 1.16 bits per heavy atom. The molecule has 0 radical (unpaired) electrons. The van der Waals surface area contributed by atoms with Gasteiger partial charge in [0.05, 0.1) is 25.9 Å². The summed E-state index contributed by atoms with van der Waals surface area (Å²) in [5, 5.41) is 0. The van der Waals surface area contributed by atoms with Crippen LogP contribution in [0.1, 0.15) is 40.2 Å². The van der Waals surface area contributed by atoms with Crippen molar-refractivity contribution in [3.63, 3.8) is 0 Å². The number of ether oxygens (including phenoxy) is 1. The molecular formula is C21H31N3O+2. The lowest BCUT2D eigenvalue weighted by molar-refractivity contribution is -0.772. The second-order valence-electron chi connectivity index (χ2n) is 7.92. The van der Waals surface area contributed by atoms with Crippen LogP contribution in [-0.2, 0) is 11.1 Å². The maximum Gasteiger partial charge on any atom is 0.388 e. The van der Waals surface area contributed by atoms with Gasteiger partial charge in [-0.3, -0.25) is 0 Å². The third-order valence-corrected chi connectivity index (χ3v) is 6.46. The molecule has 0 saturated heterocycles. The number of rotatable bonds is 0. The lowest BCUT2D eigenvalue weighted by atomic mass is 9.65. The van der Waals surface area contributed by atoms with Crippen LogP contribution in [0.15, 0.2) is 42.9 Å². The van der Waals surface area contributed by atoms with Crippen LogP contribution in [0.4, 0.5) is 5.82 Å². The Morgan fingerprint density at radius 3 is 2.56 bits per heavy atom. The van der Waals surface area contributed by atoms with Crippen molar-refractivity contribution >= 4 is 5.82 Å². The van der Waals surface area contributed by atoms with Gasteiger partial charge in [-0.15, -0.1) is 4.57 Å². The van der Waals surface area contributed by atoms with E-state index in [1.807, 2.05) is 26.2 Å². The minimum absolute atomic E-state index is 0.0473. The Morgan fingerprint density at radius 2 is 1.84 bits per heavy atom. The summed E-state index contributed by atoms with van der Waals surface area (Å²) < 4.78 is 9.30. The highest BCUT2D eigenvalue weighted by Gasteiger charge is 2.68. The molecule has 0 aliphatic carbocycles. The Kier molecular flexibility index (Phi) is 4.15. The van der Waals surface area contributed by atoms with Crippen LogP contribution in [0.3, 0.4) is 0 Å². The van der Waals surface area contributed by atoms with E-state index in [4.69, 9.17) is 4.74 Å². The topological polar surface area (TPSA) is 26.0 Å². The summed E-state index contributed by atoms with van der Waals surface area (Å²) in [4.78, 5) is 4.42. The molecule has 0 spiro atoms. The van der Waals surface area contributed by atoms with Gasteiger partial charge in [-0.25, -0.2) is 9.47 Å². The third kappa shape index (κ3) is 2.16. The molecule has 25 heavy (non-hydrogen) atoms. The summed E-state index contributed by atoms with van der Waals surface area (Å²) in [5.41, 5.74) is 1.18. The average molecular weight is 341 g/mol. The Balaban J connectivity index is 0.000000880. The number of nitrogens with zero attached hydrogens (tertiary/aromatic N) is 3. The first-order valence-electron chi connectivity index (χ1n) is 9.24. The summed E-state index contributed by atoms with van der Waals surface area (Å²) in [5.74, 6) is 2.61. The van der Waals surface area contributed by atoms with Gasteiger partial charge in [0.25, 0.3) is 0 Å². The van der Waals surface area contributed by atoms with Crippen molar-refractivity contribution in [2.45, 2.75) is 45.7 Å².